The van der Waals surface area contributed by atoms with Crippen LogP contribution in [0.4, 0.5) is 0 Å². The molecule has 0 bridgehead atoms. The summed E-state index contributed by atoms with van der Waals surface area (Å²) < 4.78 is 0. The highest BCUT2D eigenvalue weighted by Crippen LogP contribution is 2.32. The zero-order valence-corrected chi connectivity index (χ0v) is 84.6. The zero-order valence-electron chi connectivity index (χ0n) is 84.6. The lowest BCUT2D eigenvalue weighted by molar-refractivity contribution is 0.556. The first-order valence-electron chi connectivity index (χ1n) is 51.0. The molecule has 12 heterocycles. The van der Waals surface area contributed by atoms with E-state index in [1.54, 1.807) is 24.8 Å². The van der Waals surface area contributed by atoms with Gasteiger partial charge in [-0.05, 0) is 240 Å². The van der Waals surface area contributed by atoms with E-state index in [-0.39, 0.29) is 0 Å². The summed E-state index contributed by atoms with van der Waals surface area (Å²) >= 11 is 0. The van der Waals surface area contributed by atoms with Crippen molar-refractivity contribution in [1.29, 1.82) is 0 Å². The van der Waals surface area contributed by atoms with Crippen molar-refractivity contribution in [3.8, 4) is 138 Å². The summed E-state index contributed by atoms with van der Waals surface area (Å²) in [6.45, 7) is 27.3. The Balaban J connectivity index is 0.000000158. The van der Waals surface area contributed by atoms with Crippen LogP contribution in [0, 0.1) is 55.4 Å². The average Bonchev–Trinajstić information content (AvgIpc) is 0.861. The number of aromatic nitrogens is 22. The van der Waals surface area contributed by atoms with Crippen molar-refractivity contribution in [3.63, 3.8) is 0 Å². The SMILES string of the molecule is CCCCCCCCCCCCc1ccc(-c2nc(-c3ccc(C)cn3)nc(-c3ccc(C)cn3)n2)cc1.CCCCCCc1cc(CCCCCC)cc(-c2nc(-c3ccc(C)cn3)nc(-c3ccc(C)cn3)n2)c1.CCCCCCc1ccc(-c2nc(-c3ccc(C)cn3)nc(-c3ccc(C)cn3)n2)cc1.CCCCCCc1ccc(-c2nc(-c3ncc(C)cn3)nc(-c3ncc(C)cn3)n2)cc1. The van der Waals surface area contributed by atoms with Crippen LogP contribution in [0.3, 0.4) is 0 Å². The first kappa shape index (κ1) is 103. The Hall–Kier alpha value is -14.0. The van der Waals surface area contributed by atoms with Crippen molar-refractivity contribution < 1.29 is 0 Å². The van der Waals surface area contributed by atoms with Crippen molar-refractivity contribution >= 4 is 0 Å². The Morgan fingerprint density at radius 3 is 0.557 bits per heavy atom. The normalized spacial score (nSPS) is 11.1. The first-order valence-corrected chi connectivity index (χ1v) is 51.0. The van der Waals surface area contributed by atoms with Gasteiger partial charge in [-0.3, -0.25) is 29.9 Å². The largest absolute Gasteiger partial charge is 0.253 e. The van der Waals surface area contributed by atoms with Gasteiger partial charge in [-0.15, -0.1) is 0 Å². The van der Waals surface area contributed by atoms with E-state index in [2.05, 4.69) is 195 Å². The van der Waals surface area contributed by atoms with Crippen LogP contribution in [0.25, 0.3) is 138 Å². The van der Waals surface area contributed by atoms with Gasteiger partial charge in [-0.25, -0.2) is 79.7 Å². The number of hydrogen-bond acceptors (Lipinski definition) is 22. The molecule has 0 N–H and O–H groups in total. The maximum absolute atomic E-state index is 4.94. The minimum atomic E-state index is 0.401. The summed E-state index contributed by atoms with van der Waals surface area (Å²) in [4.78, 5) is 102. The van der Waals surface area contributed by atoms with Crippen LogP contribution in [0.1, 0.15) is 274 Å². The summed E-state index contributed by atoms with van der Waals surface area (Å²) in [6.07, 6.45) is 57.3. The van der Waals surface area contributed by atoms with Gasteiger partial charge in [0.25, 0.3) is 0 Å². The fourth-order valence-corrected chi connectivity index (χ4v) is 16.0. The number of rotatable bonds is 43. The van der Waals surface area contributed by atoms with Crippen molar-refractivity contribution in [2.75, 3.05) is 0 Å². The maximum atomic E-state index is 4.94. The standard InChI is InChI=1S/2C33H41N5.C27H29N5.C25H27N7/c1-5-7-9-11-13-26-19-27(14-12-10-8-6-2)21-28(20-26)31-36-32(29-17-15-24(3)22-34-29)38-33(37-31)30-18-16-25(4)23-35-30;1-4-5-6-7-8-9-10-11-12-13-14-27-17-19-28(20-18-27)31-36-32(29-21-15-25(2)23-34-29)38-33(37-31)30-22-16-26(3)24-35-30;1-4-5-6-7-8-21-11-13-22(14-12-21)25-30-26(23-15-9-19(2)17-28-23)32-27(31-25)24-16-10-20(3)18-29-24;1-4-5-6-7-8-19-9-11-20(12-10-19)21-30-24(22-26-13-17(2)14-27-22)32-25(31-21)23-28-15-18(3)16-29-23/h15-23H,5-14H2,1-4H3;15-24H,4-14H2,1-3H3;9-18H,4-8H2,1-3H3;9-16H,4-8H2,1-3H3. The Morgan fingerprint density at radius 2 is 0.329 bits per heavy atom. The molecule has 0 amide bonds. The summed E-state index contributed by atoms with van der Waals surface area (Å²) in [5.41, 5.74) is 23.6. The number of aryl methyl sites for hydroxylation is 13. The molecule has 0 saturated carbocycles. The number of benzene rings is 4. The molecule has 0 unspecified atom stereocenters. The molecule has 140 heavy (non-hydrogen) atoms. The van der Waals surface area contributed by atoms with Gasteiger partial charge in [-0.2, -0.15) is 0 Å². The highest BCUT2D eigenvalue weighted by molar-refractivity contribution is 5.69. The molecule has 22 heteroatoms. The maximum Gasteiger partial charge on any atom is 0.201 e. The van der Waals surface area contributed by atoms with Gasteiger partial charge in [-0.1, -0.05) is 285 Å². The highest BCUT2D eigenvalue weighted by atomic mass is 15.1. The lowest BCUT2D eigenvalue weighted by Crippen LogP contribution is -2.04. The number of nitrogens with zero attached hydrogens (tertiary/aromatic N) is 22. The number of pyridine rings is 6. The molecule has 12 aromatic heterocycles. The van der Waals surface area contributed by atoms with Gasteiger partial charge in [0, 0.05) is 84.2 Å². The third-order valence-corrected chi connectivity index (χ3v) is 24.4. The van der Waals surface area contributed by atoms with Gasteiger partial charge in [0.2, 0.25) is 11.6 Å². The van der Waals surface area contributed by atoms with Crippen molar-refractivity contribution in [1.82, 2.24) is 110 Å². The molecule has 0 radical (unpaired) electrons. The van der Waals surface area contributed by atoms with E-state index in [0.29, 0.717) is 81.5 Å². The second-order valence-corrected chi connectivity index (χ2v) is 37.0. The fourth-order valence-electron chi connectivity index (χ4n) is 16.0. The Kier molecular flexibility index (Phi) is 40.6. The highest BCUT2D eigenvalue weighted by Gasteiger charge is 2.22. The predicted octanol–water partition coefficient (Wildman–Crippen LogP) is 28.9. The molecule has 0 aliphatic heterocycles. The molecule has 0 saturated heterocycles. The predicted molar refractivity (Wildman–Crippen MR) is 567 cm³/mol. The molecule has 0 fully saturated rings. The minimum Gasteiger partial charge on any atom is -0.253 e. The molecular formula is C118H138N22. The Morgan fingerprint density at radius 1 is 0.143 bits per heavy atom. The Labute approximate surface area is 829 Å². The zero-order chi connectivity index (χ0) is 98.0. The molecule has 16 rings (SSSR count). The third-order valence-electron chi connectivity index (χ3n) is 24.4. The van der Waals surface area contributed by atoms with E-state index in [0.717, 1.165) is 133 Å². The van der Waals surface area contributed by atoms with E-state index < -0.39 is 0 Å². The Bertz CT molecular complexity index is 5950. The van der Waals surface area contributed by atoms with Crippen LogP contribution in [0.2, 0.25) is 0 Å². The molecular weight excluding hydrogens is 1730 g/mol. The number of hydrogen-bond donors (Lipinski definition) is 0. The van der Waals surface area contributed by atoms with Crippen LogP contribution < -0.4 is 0 Å². The van der Waals surface area contributed by atoms with Crippen LogP contribution in [-0.4, -0.2) is 110 Å². The smallest absolute Gasteiger partial charge is 0.201 e. The van der Waals surface area contributed by atoms with Gasteiger partial charge in [0.15, 0.2) is 69.9 Å². The number of unbranched alkanes of at least 4 members (excludes halogenated alkanes) is 21. The summed E-state index contributed by atoms with van der Waals surface area (Å²) in [7, 11) is 0. The summed E-state index contributed by atoms with van der Waals surface area (Å²) in [5.74, 6) is 7.56. The van der Waals surface area contributed by atoms with E-state index in [1.165, 1.54) is 195 Å². The van der Waals surface area contributed by atoms with Crippen LogP contribution in [0.15, 0.2) is 226 Å². The molecule has 22 nitrogen and oxygen atoms in total. The monoisotopic (exact) mass is 1860 g/mol. The average molecular weight is 1860 g/mol. The molecule has 0 atom stereocenters. The summed E-state index contributed by atoms with van der Waals surface area (Å²) in [6, 6.07) is 56.5. The van der Waals surface area contributed by atoms with Gasteiger partial charge in [0.05, 0.1) is 0 Å². The van der Waals surface area contributed by atoms with Crippen molar-refractivity contribution in [3.05, 3.63) is 298 Å². The van der Waals surface area contributed by atoms with Crippen LogP contribution >= 0.6 is 0 Å². The molecule has 0 aliphatic rings. The molecule has 0 spiro atoms. The van der Waals surface area contributed by atoms with Gasteiger partial charge < -0.3 is 0 Å². The van der Waals surface area contributed by atoms with Crippen molar-refractivity contribution in [2.24, 2.45) is 0 Å². The van der Waals surface area contributed by atoms with E-state index in [4.69, 9.17) is 39.9 Å². The lowest BCUT2D eigenvalue weighted by atomic mass is 9.97. The fraction of sp³-hybridized carbons (Fsp3) is 0.373. The van der Waals surface area contributed by atoms with Gasteiger partial charge >= 0.3 is 0 Å². The van der Waals surface area contributed by atoms with E-state index in [1.807, 2.05) is 165 Å². The molecule has 4 aromatic carbocycles. The van der Waals surface area contributed by atoms with Crippen molar-refractivity contribution in [2.45, 2.75) is 289 Å². The lowest BCUT2D eigenvalue weighted by Gasteiger charge is -2.12. The van der Waals surface area contributed by atoms with E-state index in [9.17, 15) is 0 Å². The third kappa shape index (κ3) is 32.6. The van der Waals surface area contributed by atoms with Crippen LogP contribution in [0.5, 0.6) is 0 Å². The quantitative estimate of drug-likeness (QED) is 0.0321. The molecule has 0 aliphatic carbocycles. The topological polar surface area (TPSA) is 284 Å². The molecule has 720 valence electrons. The van der Waals surface area contributed by atoms with Gasteiger partial charge in [0.1, 0.15) is 34.2 Å². The molecule has 16 aromatic rings. The van der Waals surface area contributed by atoms with E-state index >= 15 is 0 Å². The second-order valence-electron chi connectivity index (χ2n) is 37.0. The minimum absolute atomic E-state index is 0.401. The second kappa shape index (κ2) is 54.9. The van der Waals surface area contributed by atoms with Crippen LogP contribution in [-0.2, 0) is 32.1 Å². The first-order chi connectivity index (χ1) is 68.4. The summed E-state index contributed by atoms with van der Waals surface area (Å²) in [5, 5.41) is 0.